The lowest BCUT2D eigenvalue weighted by molar-refractivity contribution is 0.102. The average Bonchev–Trinajstić information content (AvgIpc) is 3.23. The van der Waals surface area contributed by atoms with Crippen molar-refractivity contribution in [3.8, 4) is 11.5 Å². The van der Waals surface area contributed by atoms with E-state index in [9.17, 15) is 4.79 Å². The van der Waals surface area contributed by atoms with Gasteiger partial charge in [-0.1, -0.05) is 35.9 Å². The lowest BCUT2D eigenvalue weighted by Crippen LogP contribution is -2.11. The number of aromatic nitrogens is 2. The van der Waals surface area contributed by atoms with E-state index in [1.165, 1.54) is 0 Å². The fourth-order valence-corrected chi connectivity index (χ4v) is 3.43. The summed E-state index contributed by atoms with van der Waals surface area (Å²) < 4.78 is 5.73. The Morgan fingerprint density at radius 2 is 1.66 bits per heavy atom. The Bertz CT molecular complexity index is 1090. The molecule has 0 aliphatic carbocycles. The van der Waals surface area contributed by atoms with Crippen molar-refractivity contribution in [1.29, 1.82) is 0 Å². The SMILES string of the molecule is Cc1ccc(C(=O)Nc2ccc(SCc3nnc(-c4ccccc4)o3)cc2)cc1. The molecule has 5 nitrogen and oxygen atoms in total. The predicted octanol–water partition coefficient (Wildman–Crippen LogP) is 5.59. The molecule has 0 bridgehead atoms. The molecule has 0 aliphatic rings. The molecule has 0 fully saturated rings. The third-order valence-corrected chi connectivity index (χ3v) is 5.27. The van der Waals surface area contributed by atoms with Gasteiger partial charge in [0.25, 0.3) is 5.91 Å². The van der Waals surface area contributed by atoms with Crippen molar-refractivity contribution in [2.45, 2.75) is 17.6 Å². The third kappa shape index (κ3) is 4.92. The van der Waals surface area contributed by atoms with E-state index in [4.69, 9.17) is 4.42 Å². The number of aryl methyl sites for hydroxylation is 1. The van der Waals surface area contributed by atoms with E-state index in [2.05, 4.69) is 15.5 Å². The van der Waals surface area contributed by atoms with Gasteiger partial charge in [0.05, 0.1) is 5.75 Å². The van der Waals surface area contributed by atoms with Gasteiger partial charge in [0.2, 0.25) is 11.8 Å². The van der Waals surface area contributed by atoms with Crippen molar-refractivity contribution in [1.82, 2.24) is 10.2 Å². The van der Waals surface area contributed by atoms with E-state index in [1.54, 1.807) is 11.8 Å². The largest absolute Gasteiger partial charge is 0.420 e. The van der Waals surface area contributed by atoms with Gasteiger partial charge in [0.1, 0.15) is 0 Å². The summed E-state index contributed by atoms with van der Waals surface area (Å²) in [5.74, 6) is 1.56. The van der Waals surface area contributed by atoms with Crippen molar-refractivity contribution >= 4 is 23.4 Å². The first-order valence-electron chi connectivity index (χ1n) is 9.16. The summed E-state index contributed by atoms with van der Waals surface area (Å²) in [4.78, 5) is 13.3. The zero-order valence-electron chi connectivity index (χ0n) is 15.8. The quantitative estimate of drug-likeness (QED) is 0.427. The molecule has 1 aromatic heterocycles. The fraction of sp³-hybridized carbons (Fsp3) is 0.0870. The van der Waals surface area contributed by atoms with E-state index in [0.717, 1.165) is 21.7 Å². The van der Waals surface area contributed by atoms with E-state index in [-0.39, 0.29) is 5.91 Å². The number of benzene rings is 3. The van der Waals surface area contributed by atoms with Crippen LogP contribution in [0.15, 0.2) is 88.2 Å². The molecular weight excluding hydrogens is 382 g/mol. The summed E-state index contributed by atoms with van der Waals surface area (Å²) in [5, 5.41) is 11.1. The first kappa shape index (κ1) is 19.0. The van der Waals surface area contributed by atoms with Crippen molar-refractivity contribution in [3.05, 3.63) is 95.9 Å². The molecule has 1 heterocycles. The van der Waals surface area contributed by atoms with E-state index in [0.29, 0.717) is 23.1 Å². The van der Waals surface area contributed by atoms with Crippen LogP contribution in [0.5, 0.6) is 0 Å². The Balaban J connectivity index is 1.33. The van der Waals surface area contributed by atoms with Gasteiger partial charge in [-0.2, -0.15) is 0 Å². The molecule has 0 atom stereocenters. The smallest absolute Gasteiger partial charge is 0.255 e. The molecule has 0 saturated carbocycles. The molecule has 0 saturated heterocycles. The maximum Gasteiger partial charge on any atom is 0.255 e. The molecule has 0 spiro atoms. The highest BCUT2D eigenvalue weighted by Gasteiger charge is 2.09. The lowest BCUT2D eigenvalue weighted by atomic mass is 10.1. The summed E-state index contributed by atoms with van der Waals surface area (Å²) in [6.07, 6.45) is 0. The van der Waals surface area contributed by atoms with Crippen LogP contribution in [0.3, 0.4) is 0 Å². The highest BCUT2D eigenvalue weighted by Crippen LogP contribution is 2.25. The Morgan fingerprint density at radius 3 is 2.38 bits per heavy atom. The molecule has 4 rings (SSSR count). The second kappa shape index (κ2) is 8.75. The molecule has 0 aliphatic heterocycles. The number of hydrogen-bond acceptors (Lipinski definition) is 5. The van der Waals surface area contributed by atoms with Crippen molar-refractivity contribution < 1.29 is 9.21 Å². The van der Waals surface area contributed by atoms with Crippen LogP contribution in [0.2, 0.25) is 0 Å². The van der Waals surface area contributed by atoms with Crippen LogP contribution >= 0.6 is 11.8 Å². The highest BCUT2D eigenvalue weighted by molar-refractivity contribution is 7.98. The molecule has 3 aromatic carbocycles. The molecule has 144 valence electrons. The first-order valence-corrected chi connectivity index (χ1v) is 10.1. The molecule has 1 amide bonds. The normalized spacial score (nSPS) is 10.7. The molecule has 4 aromatic rings. The van der Waals surface area contributed by atoms with Crippen LogP contribution in [-0.2, 0) is 5.75 Å². The van der Waals surface area contributed by atoms with Gasteiger partial charge in [-0.15, -0.1) is 22.0 Å². The Labute approximate surface area is 173 Å². The zero-order chi connectivity index (χ0) is 20.1. The number of carbonyl (C=O) groups excluding carboxylic acids is 1. The number of amides is 1. The van der Waals surface area contributed by atoms with Gasteiger partial charge in [0, 0.05) is 21.7 Å². The average molecular weight is 401 g/mol. The van der Waals surface area contributed by atoms with Crippen LogP contribution in [0.1, 0.15) is 21.8 Å². The predicted molar refractivity (Wildman–Crippen MR) is 115 cm³/mol. The molecule has 0 unspecified atom stereocenters. The van der Waals surface area contributed by atoms with Crippen molar-refractivity contribution in [2.75, 3.05) is 5.32 Å². The van der Waals surface area contributed by atoms with E-state index in [1.807, 2.05) is 85.8 Å². The van der Waals surface area contributed by atoms with E-state index >= 15 is 0 Å². The van der Waals surface area contributed by atoms with Gasteiger partial charge >= 0.3 is 0 Å². The van der Waals surface area contributed by atoms with Gasteiger partial charge in [-0.05, 0) is 55.5 Å². The Kier molecular flexibility index (Phi) is 5.72. The lowest BCUT2D eigenvalue weighted by Gasteiger charge is -2.06. The molecule has 0 radical (unpaired) electrons. The minimum Gasteiger partial charge on any atom is -0.420 e. The minimum absolute atomic E-state index is 0.121. The standard InChI is InChI=1S/C23H19N3O2S/c1-16-7-9-17(10-8-16)22(27)24-19-11-13-20(14-12-19)29-15-21-25-26-23(28-21)18-5-3-2-4-6-18/h2-14H,15H2,1H3,(H,24,27). The van der Waals surface area contributed by atoms with Crippen LogP contribution in [-0.4, -0.2) is 16.1 Å². The molecular formula is C23H19N3O2S. The monoisotopic (exact) mass is 401 g/mol. The Morgan fingerprint density at radius 1 is 0.931 bits per heavy atom. The summed E-state index contributed by atoms with van der Waals surface area (Å²) in [7, 11) is 0. The van der Waals surface area contributed by atoms with Crippen LogP contribution < -0.4 is 5.32 Å². The van der Waals surface area contributed by atoms with Crippen LogP contribution in [0.25, 0.3) is 11.5 Å². The summed E-state index contributed by atoms with van der Waals surface area (Å²) in [5.41, 5.74) is 3.42. The summed E-state index contributed by atoms with van der Waals surface area (Å²) in [6.45, 7) is 1.99. The Hall–Kier alpha value is -3.38. The maximum absolute atomic E-state index is 12.3. The number of nitrogens with zero attached hydrogens (tertiary/aromatic N) is 2. The van der Waals surface area contributed by atoms with Gasteiger partial charge in [-0.25, -0.2) is 0 Å². The first-order chi connectivity index (χ1) is 14.2. The minimum atomic E-state index is -0.121. The van der Waals surface area contributed by atoms with Gasteiger partial charge in [0.15, 0.2) is 0 Å². The second-order valence-corrected chi connectivity index (χ2v) is 7.55. The summed E-state index contributed by atoms with van der Waals surface area (Å²) in [6, 6.07) is 24.9. The molecule has 29 heavy (non-hydrogen) atoms. The van der Waals surface area contributed by atoms with Gasteiger partial charge < -0.3 is 9.73 Å². The van der Waals surface area contributed by atoms with Crippen LogP contribution in [0.4, 0.5) is 5.69 Å². The summed E-state index contributed by atoms with van der Waals surface area (Å²) >= 11 is 1.60. The molecule has 1 N–H and O–H groups in total. The number of carbonyl (C=O) groups is 1. The topological polar surface area (TPSA) is 68.0 Å². The van der Waals surface area contributed by atoms with Crippen molar-refractivity contribution in [3.63, 3.8) is 0 Å². The maximum atomic E-state index is 12.3. The fourth-order valence-electron chi connectivity index (χ4n) is 2.70. The van der Waals surface area contributed by atoms with Crippen LogP contribution in [0, 0.1) is 6.92 Å². The molecule has 6 heteroatoms. The van der Waals surface area contributed by atoms with E-state index < -0.39 is 0 Å². The van der Waals surface area contributed by atoms with Crippen molar-refractivity contribution in [2.24, 2.45) is 0 Å². The number of anilines is 1. The zero-order valence-corrected chi connectivity index (χ0v) is 16.6. The second-order valence-electron chi connectivity index (χ2n) is 6.50. The number of nitrogens with one attached hydrogen (secondary N) is 1. The number of hydrogen-bond donors (Lipinski definition) is 1. The number of thioether (sulfide) groups is 1. The third-order valence-electron chi connectivity index (χ3n) is 4.28. The van der Waals surface area contributed by atoms with Gasteiger partial charge in [-0.3, -0.25) is 4.79 Å². The highest BCUT2D eigenvalue weighted by atomic mass is 32.2. The number of rotatable bonds is 6.